The van der Waals surface area contributed by atoms with Crippen LogP contribution in [0.25, 0.3) is 10.1 Å². The van der Waals surface area contributed by atoms with Crippen LogP contribution in [0.15, 0.2) is 105 Å². The minimum absolute atomic E-state index is 0.0238. The Kier molecular flexibility index (Phi) is 8.16. The van der Waals surface area contributed by atoms with Crippen LogP contribution in [0.5, 0.6) is 0 Å². The van der Waals surface area contributed by atoms with E-state index in [1.165, 1.54) is 11.3 Å². The number of hydrogen-bond donors (Lipinski definition) is 0. The van der Waals surface area contributed by atoms with Crippen molar-refractivity contribution in [1.82, 2.24) is 4.90 Å². The zero-order valence-electron chi connectivity index (χ0n) is 22.1. The highest BCUT2D eigenvalue weighted by Crippen LogP contribution is 2.35. The van der Waals surface area contributed by atoms with Crippen molar-refractivity contribution in [3.63, 3.8) is 0 Å². The third-order valence-electron chi connectivity index (χ3n) is 7.33. The lowest BCUT2D eigenvalue weighted by atomic mass is 10.1. The van der Waals surface area contributed by atoms with E-state index in [2.05, 4.69) is 20.8 Å². The molecular weight excluding hydrogens is 638 g/mol. The molecule has 0 radical (unpaired) electrons. The number of amides is 1. The summed E-state index contributed by atoms with van der Waals surface area (Å²) in [4.78, 5) is 18.1. The Balaban J connectivity index is 1.31. The summed E-state index contributed by atoms with van der Waals surface area (Å²) in [6.07, 6.45) is 0.576. The van der Waals surface area contributed by atoms with Crippen molar-refractivity contribution in [2.75, 3.05) is 41.9 Å². The van der Waals surface area contributed by atoms with Gasteiger partial charge in [0, 0.05) is 41.9 Å². The first-order valence-electron chi connectivity index (χ1n) is 13.3. The van der Waals surface area contributed by atoms with Gasteiger partial charge in [0.1, 0.15) is 4.88 Å². The third-order valence-corrected chi connectivity index (χ3v) is 11.9. The number of hydrogen-bond acceptors (Lipinski definition) is 6. The predicted octanol–water partition coefficient (Wildman–Crippen LogP) is 7.13. The van der Waals surface area contributed by atoms with E-state index in [0.717, 1.165) is 25.8 Å². The summed E-state index contributed by atoms with van der Waals surface area (Å²) in [5.74, 6) is 0.0238. The van der Waals surface area contributed by atoms with Crippen molar-refractivity contribution in [2.45, 2.75) is 11.3 Å². The average molecular weight is 667 g/mol. The molecule has 0 unspecified atom stereocenters. The first kappa shape index (κ1) is 28.0. The van der Waals surface area contributed by atoms with Crippen molar-refractivity contribution in [2.24, 2.45) is 0 Å². The molecule has 0 spiro atoms. The monoisotopic (exact) mass is 665 g/mol. The molecule has 1 aliphatic rings. The lowest BCUT2D eigenvalue weighted by Crippen LogP contribution is -2.49. The van der Waals surface area contributed by atoms with Gasteiger partial charge in [0.15, 0.2) is 0 Å². The number of para-hydroxylation sites is 2. The molecule has 0 aliphatic carbocycles. The molecule has 41 heavy (non-hydrogen) atoms. The van der Waals surface area contributed by atoms with Crippen molar-refractivity contribution in [3.05, 3.63) is 111 Å². The Hall–Kier alpha value is -3.18. The van der Waals surface area contributed by atoms with Crippen molar-refractivity contribution in [1.29, 1.82) is 0 Å². The number of thiophene rings is 2. The quantitative estimate of drug-likeness (QED) is 0.177. The van der Waals surface area contributed by atoms with E-state index in [4.69, 9.17) is 0 Å². The van der Waals surface area contributed by atoms with Crippen molar-refractivity contribution in [3.8, 4) is 0 Å². The molecule has 0 atom stereocenters. The Bertz CT molecular complexity index is 1780. The van der Waals surface area contributed by atoms with E-state index in [1.54, 1.807) is 27.8 Å². The number of rotatable bonds is 8. The van der Waals surface area contributed by atoms with E-state index in [-0.39, 0.29) is 10.8 Å². The Morgan fingerprint density at radius 3 is 2.34 bits per heavy atom. The molecule has 1 aliphatic heterocycles. The largest absolute Gasteiger partial charge is 0.366 e. The average Bonchev–Trinajstić information content (AvgIpc) is 3.66. The minimum atomic E-state index is -3.87. The number of benzene rings is 3. The summed E-state index contributed by atoms with van der Waals surface area (Å²) in [6, 6.07) is 26.9. The highest BCUT2D eigenvalue weighted by molar-refractivity contribution is 9.10. The smallest absolute Gasteiger partial charge is 0.265 e. The molecule has 0 saturated carbocycles. The lowest BCUT2D eigenvalue weighted by molar-refractivity contribution is 0.0751. The highest BCUT2D eigenvalue weighted by atomic mass is 79.9. The van der Waals surface area contributed by atoms with Gasteiger partial charge in [-0.2, -0.15) is 0 Å². The summed E-state index contributed by atoms with van der Waals surface area (Å²) in [6.45, 7) is 2.64. The van der Waals surface area contributed by atoms with Gasteiger partial charge in [-0.25, -0.2) is 8.42 Å². The number of carbonyl (C=O) groups is 1. The van der Waals surface area contributed by atoms with Crippen LogP contribution in [0, 0.1) is 0 Å². The minimum Gasteiger partial charge on any atom is -0.366 e. The third kappa shape index (κ3) is 5.79. The van der Waals surface area contributed by atoms with Crippen LogP contribution in [-0.4, -0.2) is 51.9 Å². The zero-order chi connectivity index (χ0) is 28.4. The molecular formula is C31H28BrN3O3S3. The molecule has 1 saturated heterocycles. The number of anilines is 2. The number of piperazine rings is 1. The number of carbonyl (C=O) groups excluding carboxylic acids is 1. The first-order valence-corrected chi connectivity index (χ1v) is 17.3. The maximum absolute atomic E-state index is 14.3. The fourth-order valence-corrected chi connectivity index (χ4v) is 8.95. The molecule has 10 heteroatoms. The van der Waals surface area contributed by atoms with Crippen LogP contribution in [0.1, 0.15) is 15.2 Å². The second-order valence-corrected chi connectivity index (χ2v) is 14.4. The summed E-state index contributed by atoms with van der Waals surface area (Å²) in [5.41, 5.74) is 2.57. The number of nitrogens with zero attached hydrogens (tertiary/aromatic N) is 3. The van der Waals surface area contributed by atoms with Gasteiger partial charge < -0.3 is 9.80 Å². The van der Waals surface area contributed by atoms with Gasteiger partial charge in [0.05, 0.1) is 16.3 Å². The number of sulfonamides is 1. The molecule has 3 heterocycles. The first-order chi connectivity index (χ1) is 19.9. The van der Waals surface area contributed by atoms with Gasteiger partial charge in [0.25, 0.3) is 15.9 Å². The highest BCUT2D eigenvalue weighted by Gasteiger charge is 2.30. The standard InChI is InChI=1S/C31H28BrN3O3S3/c32-26-14-21-40-30(26)31(36)34-18-16-33(17-19-34)27-8-4-5-9-28(27)35(15-12-23-6-2-1-3-7-23)41(37,38)25-10-11-29-24(22-25)13-20-39-29/h1-11,13-14,20-22H,12,15-19H2. The summed E-state index contributed by atoms with van der Waals surface area (Å²) < 4.78 is 32.1. The molecule has 3 aromatic carbocycles. The number of halogens is 1. The number of fused-ring (bicyclic) bond motifs is 1. The van der Waals surface area contributed by atoms with Crippen LogP contribution in [0.2, 0.25) is 0 Å². The van der Waals surface area contributed by atoms with Gasteiger partial charge in [0.2, 0.25) is 0 Å². The molecule has 2 aromatic heterocycles. The van der Waals surface area contributed by atoms with E-state index in [1.807, 2.05) is 88.5 Å². The Labute approximate surface area is 256 Å². The second-order valence-electron chi connectivity index (χ2n) is 9.80. The van der Waals surface area contributed by atoms with Crippen LogP contribution in [0.4, 0.5) is 11.4 Å². The summed E-state index contributed by atoms with van der Waals surface area (Å²) in [7, 11) is -3.87. The summed E-state index contributed by atoms with van der Waals surface area (Å²) in [5, 5.41) is 4.81. The van der Waals surface area contributed by atoms with Gasteiger partial charge in [-0.05, 0) is 86.5 Å². The van der Waals surface area contributed by atoms with Crippen LogP contribution in [0.3, 0.4) is 0 Å². The van der Waals surface area contributed by atoms with Gasteiger partial charge in [-0.15, -0.1) is 22.7 Å². The van der Waals surface area contributed by atoms with Gasteiger partial charge >= 0.3 is 0 Å². The topological polar surface area (TPSA) is 60.9 Å². The molecule has 1 fully saturated rings. The van der Waals surface area contributed by atoms with Crippen molar-refractivity contribution >= 4 is 76.0 Å². The molecule has 6 nitrogen and oxygen atoms in total. The summed E-state index contributed by atoms with van der Waals surface area (Å²) >= 11 is 6.51. The normalized spacial score (nSPS) is 14.0. The van der Waals surface area contributed by atoms with E-state index in [9.17, 15) is 13.2 Å². The van der Waals surface area contributed by atoms with E-state index in [0.29, 0.717) is 49.7 Å². The maximum Gasteiger partial charge on any atom is 0.265 e. The maximum atomic E-state index is 14.3. The molecule has 0 N–H and O–H groups in total. The van der Waals surface area contributed by atoms with Gasteiger partial charge in [-0.3, -0.25) is 9.10 Å². The second kappa shape index (κ2) is 12.0. The fourth-order valence-electron chi connectivity index (χ4n) is 5.16. The van der Waals surface area contributed by atoms with E-state index < -0.39 is 10.0 Å². The lowest BCUT2D eigenvalue weighted by Gasteiger charge is -2.38. The molecule has 1 amide bonds. The Morgan fingerprint density at radius 1 is 0.854 bits per heavy atom. The zero-order valence-corrected chi connectivity index (χ0v) is 26.2. The van der Waals surface area contributed by atoms with Crippen LogP contribution in [-0.2, 0) is 16.4 Å². The Morgan fingerprint density at radius 2 is 1.59 bits per heavy atom. The molecule has 0 bridgehead atoms. The predicted molar refractivity (Wildman–Crippen MR) is 173 cm³/mol. The van der Waals surface area contributed by atoms with E-state index >= 15 is 0 Å². The SMILES string of the molecule is O=C(c1sccc1Br)N1CCN(c2ccccc2N(CCc2ccccc2)S(=O)(=O)c2ccc3sccc3c2)CC1. The molecule has 5 aromatic rings. The van der Waals surface area contributed by atoms with Crippen molar-refractivity contribution < 1.29 is 13.2 Å². The van der Waals surface area contributed by atoms with Crippen LogP contribution < -0.4 is 9.21 Å². The van der Waals surface area contributed by atoms with Gasteiger partial charge in [-0.1, -0.05) is 42.5 Å². The molecule has 210 valence electrons. The molecule has 6 rings (SSSR count). The van der Waals surface area contributed by atoms with Crippen LogP contribution >= 0.6 is 38.6 Å². The fraction of sp³-hybridized carbons (Fsp3) is 0.194.